The summed E-state index contributed by atoms with van der Waals surface area (Å²) in [7, 11) is 0. The highest BCUT2D eigenvalue weighted by Gasteiger charge is 2.17. The maximum Gasteiger partial charge on any atom is 0.326 e. The number of carboxylic acid groups (broad SMARTS) is 1. The summed E-state index contributed by atoms with van der Waals surface area (Å²) >= 11 is 1.31. The molecule has 3 rings (SSSR count). The van der Waals surface area contributed by atoms with Gasteiger partial charge in [-0.1, -0.05) is 6.07 Å². The zero-order valence-electron chi connectivity index (χ0n) is 10.9. The number of aliphatic carboxylic acids is 1. The number of carbonyl (C=O) groups is 1. The lowest BCUT2D eigenvalue weighted by Gasteiger charge is -2.06. The van der Waals surface area contributed by atoms with E-state index >= 15 is 0 Å². The van der Waals surface area contributed by atoms with E-state index in [2.05, 4.69) is 15.3 Å². The van der Waals surface area contributed by atoms with Crippen molar-refractivity contribution in [3.05, 3.63) is 47.6 Å². The summed E-state index contributed by atoms with van der Waals surface area (Å²) in [5.74, 6) is -1.10. The average molecular weight is 300 g/mol. The van der Waals surface area contributed by atoms with E-state index in [1.54, 1.807) is 11.6 Å². The van der Waals surface area contributed by atoms with Crippen LogP contribution in [0.3, 0.4) is 0 Å². The molecule has 0 saturated carbocycles. The molecular weight excluding hydrogens is 288 g/mol. The number of thiazole rings is 1. The van der Waals surface area contributed by atoms with Crippen LogP contribution in [0.25, 0.3) is 10.9 Å². The molecule has 0 aliphatic rings. The number of carboxylic acids is 1. The molecule has 2 aromatic heterocycles. The van der Waals surface area contributed by atoms with Gasteiger partial charge < -0.3 is 16.2 Å². The molecule has 0 aliphatic heterocycles. The monoisotopic (exact) mass is 300 g/mol. The Morgan fingerprint density at radius 2 is 2.19 bits per heavy atom. The van der Waals surface area contributed by atoms with Gasteiger partial charge in [0.1, 0.15) is 6.04 Å². The van der Waals surface area contributed by atoms with Crippen LogP contribution in [-0.2, 0) is 4.79 Å². The standard InChI is InChI=1S/C14H12N4O2S/c15-12(13(19)20)11-7-21-14(18-11)17-10-5-1-4-9-8(10)3-2-6-16-9/h1-7,12H,15H2,(H,17,18)(H,19,20). The van der Waals surface area contributed by atoms with Crippen LogP contribution in [0.15, 0.2) is 41.9 Å². The van der Waals surface area contributed by atoms with Gasteiger partial charge in [0.25, 0.3) is 0 Å². The van der Waals surface area contributed by atoms with Crippen LogP contribution in [0.5, 0.6) is 0 Å². The molecule has 1 atom stereocenters. The molecular formula is C14H12N4O2S. The summed E-state index contributed by atoms with van der Waals surface area (Å²) in [5, 5.41) is 15.3. The Hall–Kier alpha value is -2.51. The molecule has 21 heavy (non-hydrogen) atoms. The largest absolute Gasteiger partial charge is 0.480 e. The maximum atomic E-state index is 10.9. The van der Waals surface area contributed by atoms with E-state index in [9.17, 15) is 4.79 Å². The third-order valence-electron chi connectivity index (χ3n) is 2.99. The predicted molar refractivity (Wildman–Crippen MR) is 81.7 cm³/mol. The van der Waals surface area contributed by atoms with E-state index in [4.69, 9.17) is 10.8 Å². The molecule has 0 amide bonds. The maximum absolute atomic E-state index is 10.9. The number of hydrogen-bond acceptors (Lipinski definition) is 6. The summed E-state index contributed by atoms with van der Waals surface area (Å²) < 4.78 is 0. The zero-order chi connectivity index (χ0) is 14.8. The fourth-order valence-corrected chi connectivity index (χ4v) is 2.70. The lowest BCUT2D eigenvalue weighted by Crippen LogP contribution is -2.20. The Balaban J connectivity index is 1.91. The number of nitrogens with zero attached hydrogens (tertiary/aromatic N) is 2. The van der Waals surface area contributed by atoms with Crippen molar-refractivity contribution in [2.75, 3.05) is 5.32 Å². The van der Waals surface area contributed by atoms with Crippen molar-refractivity contribution >= 4 is 39.0 Å². The molecule has 3 aromatic rings. The summed E-state index contributed by atoms with van der Waals surface area (Å²) in [4.78, 5) is 19.4. The summed E-state index contributed by atoms with van der Waals surface area (Å²) in [6.45, 7) is 0. The van der Waals surface area contributed by atoms with Gasteiger partial charge in [-0.3, -0.25) is 9.78 Å². The Morgan fingerprint density at radius 1 is 1.33 bits per heavy atom. The van der Waals surface area contributed by atoms with Gasteiger partial charge in [-0.05, 0) is 24.3 Å². The van der Waals surface area contributed by atoms with E-state index in [1.165, 1.54) is 11.3 Å². The first-order valence-electron chi connectivity index (χ1n) is 6.20. The van der Waals surface area contributed by atoms with E-state index in [1.807, 2.05) is 30.3 Å². The Bertz CT molecular complexity index is 797. The van der Waals surface area contributed by atoms with Gasteiger partial charge in [-0.15, -0.1) is 11.3 Å². The summed E-state index contributed by atoms with van der Waals surface area (Å²) in [6, 6.07) is 8.46. The van der Waals surface area contributed by atoms with Crippen molar-refractivity contribution in [1.29, 1.82) is 0 Å². The van der Waals surface area contributed by atoms with Crippen molar-refractivity contribution in [2.45, 2.75) is 6.04 Å². The average Bonchev–Trinajstić information content (AvgIpc) is 2.95. The van der Waals surface area contributed by atoms with Crippen molar-refractivity contribution in [3.8, 4) is 0 Å². The minimum Gasteiger partial charge on any atom is -0.480 e. The number of fused-ring (bicyclic) bond motifs is 1. The molecule has 7 heteroatoms. The SMILES string of the molecule is NC(C(=O)O)c1csc(Nc2cccc3ncccc23)n1. The third kappa shape index (κ3) is 2.69. The van der Waals surface area contributed by atoms with Crippen LogP contribution in [-0.4, -0.2) is 21.0 Å². The Kier molecular flexibility index (Phi) is 3.51. The summed E-state index contributed by atoms with van der Waals surface area (Å²) in [6.07, 6.45) is 1.74. The number of hydrogen-bond donors (Lipinski definition) is 3. The van der Waals surface area contributed by atoms with Crippen molar-refractivity contribution in [3.63, 3.8) is 0 Å². The number of aromatic nitrogens is 2. The second kappa shape index (κ2) is 5.47. The summed E-state index contributed by atoms with van der Waals surface area (Å²) in [5.41, 5.74) is 7.63. The van der Waals surface area contributed by atoms with Gasteiger partial charge in [0, 0.05) is 22.7 Å². The molecule has 0 fully saturated rings. The number of nitrogens with one attached hydrogen (secondary N) is 1. The lowest BCUT2D eigenvalue weighted by atomic mass is 10.2. The van der Waals surface area contributed by atoms with Gasteiger partial charge in [0.15, 0.2) is 5.13 Å². The molecule has 0 saturated heterocycles. The second-order valence-electron chi connectivity index (χ2n) is 4.39. The van der Waals surface area contributed by atoms with E-state index in [-0.39, 0.29) is 0 Å². The molecule has 4 N–H and O–H groups in total. The number of benzene rings is 1. The lowest BCUT2D eigenvalue weighted by molar-refractivity contribution is -0.138. The first-order valence-corrected chi connectivity index (χ1v) is 7.07. The minimum absolute atomic E-state index is 0.341. The molecule has 0 aliphatic carbocycles. The van der Waals surface area contributed by atoms with Crippen LogP contribution in [0.2, 0.25) is 0 Å². The van der Waals surface area contributed by atoms with Crippen molar-refractivity contribution < 1.29 is 9.90 Å². The second-order valence-corrected chi connectivity index (χ2v) is 5.25. The first kappa shape index (κ1) is 13.5. The fourth-order valence-electron chi connectivity index (χ4n) is 1.94. The Morgan fingerprint density at radius 3 is 3.00 bits per heavy atom. The van der Waals surface area contributed by atoms with Crippen molar-refractivity contribution in [1.82, 2.24) is 9.97 Å². The molecule has 0 spiro atoms. The molecule has 0 bridgehead atoms. The third-order valence-corrected chi connectivity index (χ3v) is 3.77. The Labute approximate surface area is 124 Å². The van der Waals surface area contributed by atoms with E-state index in [0.717, 1.165) is 16.6 Å². The van der Waals surface area contributed by atoms with Crippen LogP contribution in [0, 0.1) is 0 Å². The molecule has 1 aromatic carbocycles. The predicted octanol–water partition coefficient (Wildman–Crippen LogP) is 2.52. The molecule has 1 unspecified atom stereocenters. The number of pyridine rings is 1. The zero-order valence-corrected chi connectivity index (χ0v) is 11.7. The number of anilines is 2. The smallest absolute Gasteiger partial charge is 0.326 e. The quantitative estimate of drug-likeness (QED) is 0.684. The number of rotatable bonds is 4. The van der Waals surface area contributed by atoms with E-state index in [0.29, 0.717) is 10.8 Å². The van der Waals surface area contributed by atoms with E-state index < -0.39 is 12.0 Å². The molecule has 0 radical (unpaired) electrons. The highest BCUT2D eigenvalue weighted by Crippen LogP contribution is 2.27. The van der Waals surface area contributed by atoms with Gasteiger partial charge in [-0.2, -0.15) is 0 Å². The van der Waals surface area contributed by atoms with Gasteiger partial charge in [0.05, 0.1) is 11.2 Å². The van der Waals surface area contributed by atoms with Crippen LogP contribution in [0.1, 0.15) is 11.7 Å². The van der Waals surface area contributed by atoms with Crippen LogP contribution < -0.4 is 11.1 Å². The highest BCUT2D eigenvalue weighted by atomic mass is 32.1. The minimum atomic E-state index is -1.11. The van der Waals surface area contributed by atoms with Crippen LogP contribution >= 0.6 is 11.3 Å². The molecule has 106 valence electrons. The van der Waals surface area contributed by atoms with Crippen LogP contribution in [0.4, 0.5) is 10.8 Å². The first-order chi connectivity index (χ1) is 10.1. The van der Waals surface area contributed by atoms with Gasteiger partial charge >= 0.3 is 5.97 Å². The fraction of sp³-hybridized carbons (Fsp3) is 0.0714. The highest BCUT2D eigenvalue weighted by molar-refractivity contribution is 7.13. The van der Waals surface area contributed by atoms with Crippen molar-refractivity contribution in [2.24, 2.45) is 5.73 Å². The topological polar surface area (TPSA) is 101 Å². The number of nitrogens with two attached hydrogens (primary N) is 1. The molecule has 2 heterocycles. The van der Waals surface area contributed by atoms with Gasteiger partial charge in [0.2, 0.25) is 0 Å². The van der Waals surface area contributed by atoms with Gasteiger partial charge in [-0.25, -0.2) is 4.98 Å². The molecule has 6 nitrogen and oxygen atoms in total. The normalized spacial score (nSPS) is 12.2.